The number of aromatic nitrogens is 2. The van der Waals surface area contributed by atoms with Crippen molar-refractivity contribution in [2.45, 2.75) is 13.0 Å². The minimum atomic E-state index is 0.0295. The lowest BCUT2D eigenvalue weighted by Crippen LogP contribution is -2.27. The highest BCUT2D eigenvalue weighted by atomic mass is 32.1. The van der Waals surface area contributed by atoms with E-state index in [0.29, 0.717) is 24.7 Å². The van der Waals surface area contributed by atoms with Crippen molar-refractivity contribution in [3.8, 4) is 11.4 Å². The number of rotatable bonds is 5. The predicted octanol–water partition coefficient (Wildman–Crippen LogP) is 3.00. The molecule has 0 saturated heterocycles. The van der Waals surface area contributed by atoms with Gasteiger partial charge in [-0.1, -0.05) is 41.6 Å². The van der Waals surface area contributed by atoms with E-state index in [9.17, 15) is 4.79 Å². The van der Waals surface area contributed by atoms with Gasteiger partial charge in [0.25, 0.3) is 0 Å². The van der Waals surface area contributed by atoms with Crippen LogP contribution in [0.1, 0.15) is 10.8 Å². The van der Waals surface area contributed by atoms with Gasteiger partial charge in [-0.05, 0) is 11.4 Å². The largest absolute Gasteiger partial charge is 0.337 e. The second kappa shape index (κ2) is 6.53. The van der Waals surface area contributed by atoms with Crippen LogP contribution in [0.5, 0.6) is 0 Å². The van der Waals surface area contributed by atoms with E-state index >= 15 is 0 Å². The Hall–Kier alpha value is -2.47. The molecule has 2 aromatic heterocycles. The fraction of sp³-hybridized carbons (Fsp3) is 0.188. The lowest BCUT2D eigenvalue weighted by Gasteiger charge is -2.13. The van der Waals surface area contributed by atoms with Gasteiger partial charge >= 0.3 is 0 Å². The van der Waals surface area contributed by atoms with Gasteiger partial charge in [0.15, 0.2) is 0 Å². The highest BCUT2D eigenvalue weighted by Gasteiger charge is 2.15. The van der Waals surface area contributed by atoms with E-state index in [1.807, 2.05) is 47.8 Å². The molecule has 2 heterocycles. The Morgan fingerprint density at radius 3 is 2.77 bits per heavy atom. The molecule has 5 nitrogen and oxygen atoms in total. The van der Waals surface area contributed by atoms with Crippen LogP contribution in [0.2, 0.25) is 0 Å². The quantitative estimate of drug-likeness (QED) is 0.726. The number of hydrogen-bond acceptors (Lipinski definition) is 5. The fourth-order valence-corrected chi connectivity index (χ4v) is 2.71. The second-order valence-electron chi connectivity index (χ2n) is 4.88. The predicted molar refractivity (Wildman–Crippen MR) is 84.2 cm³/mol. The van der Waals surface area contributed by atoms with E-state index in [0.717, 1.165) is 10.4 Å². The van der Waals surface area contributed by atoms with Gasteiger partial charge in [-0.3, -0.25) is 4.79 Å². The number of benzene rings is 1. The highest BCUT2D eigenvalue weighted by Crippen LogP contribution is 2.16. The summed E-state index contributed by atoms with van der Waals surface area (Å²) in [5.74, 6) is 0.998. The van der Waals surface area contributed by atoms with Gasteiger partial charge in [0.2, 0.25) is 17.6 Å². The van der Waals surface area contributed by atoms with E-state index in [1.165, 1.54) is 0 Å². The smallest absolute Gasteiger partial charge is 0.246 e. The number of thiophene rings is 1. The molecular formula is C16H15N3O2S. The summed E-state index contributed by atoms with van der Waals surface area (Å²) in [5.41, 5.74) is 0.894. The zero-order valence-corrected chi connectivity index (χ0v) is 12.9. The fourth-order valence-electron chi connectivity index (χ4n) is 2.01. The zero-order valence-electron chi connectivity index (χ0n) is 12.1. The van der Waals surface area contributed by atoms with Crippen LogP contribution in [0.3, 0.4) is 0 Å². The lowest BCUT2D eigenvalue weighted by molar-refractivity contribution is -0.129. The zero-order chi connectivity index (χ0) is 15.4. The average molecular weight is 313 g/mol. The summed E-state index contributed by atoms with van der Waals surface area (Å²) >= 11 is 1.58. The van der Waals surface area contributed by atoms with Crippen molar-refractivity contribution in [2.24, 2.45) is 0 Å². The third-order valence-corrected chi connectivity index (χ3v) is 4.08. The first-order chi connectivity index (χ1) is 10.7. The van der Waals surface area contributed by atoms with Crippen molar-refractivity contribution in [2.75, 3.05) is 7.05 Å². The van der Waals surface area contributed by atoms with Gasteiger partial charge in [0.1, 0.15) is 0 Å². The van der Waals surface area contributed by atoms with Crippen molar-refractivity contribution in [1.82, 2.24) is 15.0 Å². The standard InChI is InChI=1S/C16H15N3O2S/c1-19(15(20)10-13-8-5-9-22-13)11-14-17-16(18-21-14)12-6-3-2-4-7-12/h2-9H,10-11H2,1H3. The van der Waals surface area contributed by atoms with Gasteiger partial charge < -0.3 is 9.42 Å². The molecule has 1 aromatic carbocycles. The molecule has 112 valence electrons. The summed E-state index contributed by atoms with van der Waals surface area (Å²) < 4.78 is 5.22. The third-order valence-electron chi connectivity index (χ3n) is 3.20. The van der Waals surface area contributed by atoms with Crippen LogP contribution in [0.25, 0.3) is 11.4 Å². The number of nitrogens with zero attached hydrogens (tertiary/aromatic N) is 3. The summed E-state index contributed by atoms with van der Waals surface area (Å²) in [7, 11) is 1.74. The van der Waals surface area contributed by atoms with Gasteiger partial charge in [-0.2, -0.15) is 4.98 Å². The van der Waals surface area contributed by atoms with E-state index < -0.39 is 0 Å². The normalized spacial score (nSPS) is 10.6. The first kappa shape index (κ1) is 14.5. The molecule has 22 heavy (non-hydrogen) atoms. The number of likely N-dealkylation sites (N-methyl/N-ethyl adjacent to an activating group) is 1. The molecule has 6 heteroatoms. The number of hydrogen-bond donors (Lipinski definition) is 0. The first-order valence-corrected chi connectivity index (χ1v) is 7.74. The van der Waals surface area contributed by atoms with E-state index in [-0.39, 0.29) is 5.91 Å². The maximum Gasteiger partial charge on any atom is 0.246 e. The molecule has 0 bridgehead atoms. The Kier molecular flexibility index (Phi) is 4.29. The van der Waals surface area contributed by atoms with Crippen LogP contribution in [0, 0.1) is 0 Å². The number of carbonyl (C=O) groups excluding carboxylic acids is 1. The maximum atomic E-state index is 12.1. The molecule has 0 aliphatic rings. The topological polar surface area (TPSA) is 59.2 Å². The maximum absolute atomic E-state index is 12.1. The Morgan fingerprint density at radius 2 is 2.05 bits per heavy atom. The molecule has 0 unspecified atom stereocenters. The first-order valence-electron chi connectivity index (χ1n) is 6.87. The third kappa shape index (κ3) is 3.40. The Labute approximate surface area is 132 Å². The molecule has 0 atom stereocenters. The molecule has 0 N–H and O–H groups in total. The van der Waals surface area contributed by atoms with Crippen LogP contribution in [0.15, 0.2) is 52.4 Å². The van der Waals surface area contributed by atoms with E-state index in [4.69, 9.17) is 4.52 Å². The minimum Gasteiger partial charge on any atom is -0.337 e. The van der Waals surface area contributed by atoms with Crippen LogP contribution < -0.4 is 0 Å². The lowest BCUT2D eigenvalue weighted by atomic mass is 10.2. The van der Waals surface area contributed by atoms with Crippen LogP contribution in [-0.4, -0.2) is 28.0 Å². The summed E-state index contributed by atoms with van der Waals surface area (Å²) in [6.07, 6.45) is 0.397. The van der Waals surface area contributed by atoms with Crippen molar-refractivity contribution < 1.29 is 9.32 Å². The summed E-state index contributed by atoms with van der Waals surface area (Å²) in [6.45, 7) is 0.310. The van der Waals surface area contributed by atoms with Crippen molar-refractivity contribution in [3.05, 3.63) is 58.6 Å². The monoisotopic (exact) mass is 313 g/mol. The summed E-state index contributed by atoms with van der Waals surface area (Å²) in [4.78, 5) is 19.1. The summed E-state index contributed by atoms with van der Waals surface area (Å²) in [5, 5.41) is 5.92. The highest BCUT2D eigenvalue weighted by molar-refractivity contribution is 7.10. The van der Waals surface area contributed by atoms with Gasteiger partial charge in [-0.15, -0.1) is 11.3 Å². The Morgan fingerprint density at radius 1 is 1.23 bits per heavy atom. The van der Waals surface area contributed by atoms with Gasteiger partial charge in [0.05, 0.1) is 13.0 Å². The molecule has 3 rings (SSSR count). The number of amides is 1. The van der Waals surface area contributed by atoms with Crippen LogP contribution in [0.4, 0.5) is 0 Å². The molecule has 0 aliphatic carbocycles. The molecule has 0 spiro atoms. The van der Waals surface area contributed by atoms with Crippen molar-refractivity contribution in [3.63, 3.8) is 0 Å². The van der Waals surface area contributed by atoms with Crippen molar-refractivity contribution in [1.29, 1.82) is 0 Å². The number of carbonyl (C=O) groups is 1. The summed E-state index contributed by atoms with van der Waals surface area (Å²) in [6, 6.07) is 13.5. The van der Waals surface area contributed by atoms with Gasteiger partial charge in [0, 0.05) is 17.5 Å². The minimum absolute atomic E-state index is 0.0295. The molecule has 0 radical (unpaired) electrons. The Bertz CT molecular complexity index is 738. The van der Waals surface area contributed by atoms with Crippen molar-refractivity contribution >= 4 is 17.2 Å². The van der Waals surface area contributed by atoms with E-state index in [2.05, 4.69) is 10.1 Å². The molecule has 0 saturated carbocycles. The van der Waals surface area contributed by atoms with E-state index in [1.54, 1.807) is 23.3 Å². The SMILES string of the molecule is CN(Cc1nc(-c2ccccc2)no1)C(=O)Cc1cccs1. The molecular weight excluding hydrogens is 298 g/mol. The second-order valence-corrected chi connectivity index (χ2v) is 5.92. The van der Waals surface area contributed by atoms with Gasteiger partial charge in [-0.25, -0.2) is 0 Å². The molecule has 3 aromatic rings. The van der Waals surface area contributed by atoms with Crippen LogP contribution >= 0.6 is 11.3 Å². The molecule has 0 fully saturated rings. The Balaban J connectivity index is 1.63. The molecule has 0 aliphatic heterocycles. The average Bonchev–Trinajstić information content (AvgIpc) is 3.20. The molecule has 1 amide bonds. The van der Waals surface area contributed by atoms with Crippen LogP contribution in [-0.2, 0) is 17.8 Å².